The number of hydrogen-bond acceptors (Lipinski definition) is 15. The Balaban J connectivity index is 1.69. The van der Waals surface area contributed by atoms with Crippen molar-refractivity contribution in [1.29, 1.82) is 0 Å². The van der Waals surface area contributed by atoms with Crippen LogP contribution < -0.4 is 28.7 Å². The van der Waals surface area contributed by atoms with Crippen LogP contribution in [0.1, 0.15) is 26.2 Å². The van der Waals surface area contributed by atoms with Gasteiger partial charge in [0.1, 0.15) is 43.2 Å². The third-order valence-corrected chi connectivity index (χ3v) is 6.93. The lowest BCUT2D eigenvalue weighted by atomic mass is 9.84. The molecule has 14 N–H and O–H groups in total. The fourth-order valence-electron chi connectivity index (χ4n) is 4.69. The van der Waals surface area contributed by atoms with Gasteiger partial charge < -0.3 is 72.8 Å². The number of rotatable bonds is 8. The van der Waals surface area contributed by atoms with Crippen molar-refractivity contribution in [2.75, 3.05) is 13.2 Å². The predicted octanol–water partition coefficient (Wildman–Crippen LogP) is -5.33. The molecule has 1 saturated carbocycles. The summed E-state index contributed by atoms with van der Waals surface area (Å²) < 4.78 is 28.1. The maximum Gasteiger partial charge on any atom is 0.305 e. The van der Waals surface area contributed by atoms with E-state index in [0.29, 0.717) is 0 Å². The summed E-state index contributed by atoms with van der Waals surface area (Å²) in [6.07, 6.45) is -10.9. The second-order valence-corrected chi connectivity index (χ2v) is 9.64. The van der Waals surface area contributed by atoms with Crippen molar-refractivity contribution < 1.29 is 48.9 Å². The lowest BCUT2D eigenvalue weighted by Gasteiger charge is -2.47. The Bertz CT molecular complexity index is 725. The average molecular weight is 524 g/mol. The molecule has 36 heavy (non-hydrogen) atoms. The Morgan fingerprint density at radius 3 is 2.00 bits per heavy atom. The van der Waals surface area contributed by atoms with Crippen LogP contribution >= 0.6 is 0 Å². The summed E-state index contributed by atoms with van der Waals surface area (Å²) in [5, 5.41) is 42.1. The van der Waals surface area contributed by atoms with Crippen LogP contribution in [-0.2, 0) is 28.5 Å². The summed E-state index contributed by atoms with van der Waals surface area (Å²) in [6.45, 7) is 1.34. The molecule has 3 fully saturated rings. The molecule has 15 nitrogen and oxygen atoms in total. The number of esters is 1. The Morgan fingerprint density at radius 2 is 1.42 bits per heavy atom. The molecule has 0 amide bonds. The van der Waals surface area contributed by atoms with E-state index >= 15 is 0 Å². The lowest BCUT2D eigenvalue weighted by Crippen LogP contribution is -2.68. The normalized spacial score (nSPS) is 47.9. The molecule has 2 heterocycles. The first-order chi connectivity index (χ1) is 17.0. The molecule has 0 aromatic heterocycles. The van der Waals surface area contributed by atoms with Gasteiger partial charge in [-0.3, -0.25) is 4.79 Å². The van der Waals surface area contributed by atoms with E-state index in [-0.39, 0.29) is 32.4 Å². The van der Waals surface area contributed by atoms with E-state index in [2.05, 4.69) is 0 Å². The highest BCUT2D eigenvalue weighted by Gasteiger charge is 2.50. The SMILES string of the molecule is CCC(=O)OCC1OC(OC2C(N)CC(N)C(OC3OC(CN)C(O)CC3N)C2O)C(O)C(N)C1O. The van der Waals surface area contributed by atoms with Gasteiger partial charge in [0.2, 0.25) is 0 Å². The molecular formula is C21H41N5O10. The maximum atomic E-state index is 11.5. The zero-order valence-corrected chi connectivity index (χ0v) is 20.2. The van der Waals surface area contributed by atoms with Crippen LogP contribution in [0.15, 0.2) is 0 Å². The maximum absolute atomic E-state index is 11.5. The van der Waals surface area contributed by atoms with Crippen LogP contribution in [0.2, 0.25) is 0 Å². The smallest absolute Gasteiger partial charge is 0.305 e. The fourth-order valence-corrected chi connectivity index (χ4v) is 4.69. The first-order valence-corrected chi connectivity index (χ1v) is 12.2. The van der Waals surface area contributed by atoms with Gasteiger partial charge >= 0.3 is 5.97 Å². The number of carbonyl (C=O) groups is 1. The predicted molar refractivity (Wildman–Crippen MR) is 123 cm³/mol. The van der Waals surface area contributed by atoms with E-state index in [1.807, 2.05) is 0 Å². The van der Waals surface area contributed by atoms with Crippen molar-refractivity contribution in [3.05, 3.63) is 0 Å². The number of aliphatic hydroxyl groups excluding tert-OH is 4. The van der Waals surface area contributed by atoms with E-state index in [9.17, 15) is 25.2 Å². The molecule has 2 aliphatic heterocycles. The summed E-state index contributed by atoms with van der Waals surface area (Å²) in [7, 11) is 0. The number of nitrogens with two attached hydrogens (primary N) is 5. The molecule has 1 aliphatic carbocycles. The second kappa shape index (κ2) is 12.7. The fraction of sp³-hybridized carbons (Fsp3) is 0.952. The topological polar surface area (TPSA) is 274 Å². The minimum Gasteiger partial charge on any atom is -0.463 e. The summed E-state index contributed by atoms with van der Waals surface area (Å²) >= 11 is 0. The molecular weight excluding hydrogens is 482 g/mol. The van der Waals surface area contributed by atoms with Gasteiger partial charge in [0.05, 0.1) is 24.3 Å². The van der Waals surface area contributed by atoms with Crippen LogP contribution in [0.25, 0.3) is 0 Å². The third kappa shape index (κ3) is 6.50. The molecule has 14 atom stereocenters. The van der Waals surface area contributed by atoms with Gasteiger partial charge in [0.25, 0.3) is 0 Å². The monoisotopic (exact) mass is 523 g/mol. The first-order valence-electron chi connectivity index (χ1n) is 12.2. The first kappa shape index (κ1) is 29.5. The van der Waals surface area contributed by atoms with E-state index in [1.54, 1.807) is 6.92 Å². The highest BCUT2D eigenvalue weighted by molar-refractivity contribution is 5.68. The Labute approximate surface area is 209 Å². The van der Waals surface area contributed by atoms with Crippen molar-refractivity contribution in [3.63, 3.8) is 0 Å². The number of aliphatic hydroxyl groups is 4. The molecule has 0 aromatic carbocycles. The molecule has 14 unspecified atom stereocenters. The molecule has 3 aliphatic rings. The minimum absolute atomic E-state index is 0.0430. The van der Waals surface area contributed by atoms with Gasteiger partial charge in [-0.2, -0.15) is 0 Å². The second-order valence-electron chi connectivity index (χ2n) is 9.64. The Hall–Kier alpha value is -1.05. The quantitative estimate of drug-likeness (QED) is 0.134. The van der Waals surface area contributed by atoms with Crippen molar-refractivity contribution in [1.82, 2.24) is 0 Å². The molecule has 3 rings (SSSR count). The van der Waals surface area contributed by atoms with Crippen molar-refractivity contribution in [2.24, 2.45) is 28.7 Å². The van der Waals surface area contributed by atoms with Gasteiger partial charge in [-0.1, -0.05) is 6.92 Å². The van der Waals surface area contributed by atoms with Crippen LogP contribution in [0.3, 0.4) is 0 Å². The van der Waals surface area contributed by atoms with Crippen LogP contribution in [0.4, 0.5) is 0 Å². The number of ether oxygens (including phenoxy) is 5. The van der Waals surface area contributed by atoms with E-state index in [4.69, 9.17) is 52.4 Å². The van der Waals surface area contributed by atoms with Crippen molar-refractivity contribution in [3.8, 4) is 0 Å². The average Bonchev–Trinajstić information content (AvgIpc) is 2.84. The highest BCUT2D eigenvalue weighted by atomic mass is 16.7. The van der Waals surface area contributed by atoms with Crippen LogP contribution in [0, 0.1) is 0 Å². The molecule has 2 saturated heterocycles. The van der Waals surface area contributed by atoms with Crippen molar-refractivity contribution in [2.45, 2.75) is 112 Å². The van der Waals surface area contributed by atoms with Crippen LogP contribution in [0.5, 0.6) is 0 Å². The summed E-state index contributed by atoms with van der Waals surface area (Å²) in [5.41, 5.74) is 30.1. The largest absolute Gasteiger partial charge is 0.463 e. The van der Waals surface area contributed by atoms with Gasteiger partial charge in [0.15, 0.2) is 12.6 Å². The Morgan fingerprint density at radius 1 is 0.833 bits per heavy atom. The third-order valence-electron chi connectivity index (χ3n) is 6.93. The summed E-state index contributed by atoms with van der Waals surface area (Å²) in [4.78, 5) is 11.5. The van der Waals surface area contributed by atoms with Crippen LogP contribution in [-0.4, -0.2) is 125 Å². The number of hydrogen-bond donors (Lipinski definition) is 9. The van der Waals surface area contributed by atoms with E-state index < -0.39 is 91.5 Å². The molecule has 0 bridgehead atoms. The highest BCUT2D eigenvalue weighted by Crippen LogP contribution is 2.31. The zero-order valence-electron chi connectivity index (χ0n) is 20.2. The van der Waals surface area contributed by atoms with E-state index in [0.717, 1.165) is 0 Å². The van der Waals surface area contributed by atoms with Gasteiger partial charge in [-0.05, 0) is 12.8 Å². The van der Waals surface area contributed by atoms with Gasteiger partial charge in [-0.25, -0.2) is 0 Å². The Kier molecular flexibility index (Phi) is 10.4. The van der Waals surface area contributed by atoms with Gasteiger partial charge in [0, 0.05) is 25.0 Å². The van der Waals surface area contributed by atoms with Gasteiger partial charge in [-0.15, -0.1) is 0 Å². The lowest BCUT2D eigenvalue weighted by molar-refractivity contribution is -0.315. The zero-order chi connectivity index (χ0) is 26.7. The molecule has 0 spiro atoms. The van der Waals surface area contributed by atoms with E-state index in [1.165, 1.54) is 0 Å². The molecule has 210 valence electrons. The molecule has 0 aromatic rings. The molecule has 0 radical (unpaired) electrons. The standard InChI is InChI=1S/C21H41N5O10/c1-2-13(28)32-6-12-15(29)14(26)16(30)21(34-12)36-19-8(24)3-7(23)18(17(19)31)35-20-9(25)4-10(27)11(5-22)33-20/h7-12,14-21,27,29-31H,2-6,22-26H2,1H3. The molecule has 15 heteroatoms. The summed E-state index contributed by atoms with van der Waals surface area (Å²) in [6, 6.07) is -3.37. The number of carbonyl (C=O) groups excluding carboxylic acids is 1. The minimum atomic E-state index is -1.48. The van der Waals surface area contributed by atoms with Crippen molar-refractivity contribution >= 4 is 5.97 Å². The summed E-state index contributed by atoms with van der Waals surface area (Å²) in [5.74, 6) is -0.505.